The normalized spacial score (nSPS) is 23.5. The molecule has 1 aliphatic heterocycles. The van der Waals surface area contributed by atoms with Crippen LogP contribution in [0, 0.1) is 11.3 Å². The monoisotopic (exact) mass is 244 g/mol. The molecule has 0 amide bonds. The van der Waals surface area contributed by atoms with Gasteiger partial charge in [0.2, 0.25) is 0 Å². The molecule has 1 saturated heterocycles. The molecule has 0 saturated carbocycles. The lowest BCUT2D eigenvalue weighted by molar-refractivity contribution is 0.0671. The van der Waals surface area contributed by atoms with E-state index in [0.717, 1.165) is 31.9 Å². The predicted molar refractivity (Wildman–Crippen MR) is 70.9 cm³/mol. The molecule has 1 aromatic rings. The first-order chi connectivity index (χ1) is 8.76. The van der Waals surface area contributed by atoms with Crippen LogP contribution in [0.25, 0.3) is 0 Å². The van der Waals surface area contributed by atoms with Gasteiger partial charge in [-0.1, -0.05) is 13.0 Å². The molecular weight excluding hydrogens is 224 g/mol. The van der Waals surface area contributed by atoms with E-state index in [9.17, 15) is 5.26 Å². The summed E-state index contributed by atoms with van der Waals surface area (Å²) >= 11 is 0. The van der Waals surface area contributed by atoms with Crippen molar-refractivity contribution in [3.8, 4) is 6.07 Å². The Hall–Kier alpha value is -1.44. The van der Waals surface area contributed by atoms with Crippen molar-refractivity contribution in [3.63, 3.8) is 0 Å². The number of likely N-dealkylation sites (N-methyl/N-ethyl adjacent to an activating group) is 1. The maximum absolute atomic E-state index is 9.43. The van der Waals surface area contributed by atoms with Crippen LogP contribution < -0.4 is 0 Å². The molecule has 1 aromatic heterocycles. The van der Waals surface area contributed by atoms with E-state index < -0.39 is 0 Å². The lowest BCUT2D eigenvalue weighted by Gasteiger charge is -2.41. The summed E-state index contributed by atoms with van der Waals surface area (Å²) in [6.07, 6.45) is 1.76. The van der Waals surface area contributed by atoms with Crippen LogP contribution in [0.5, 0.6) is 0 Å². The maximum atomic E-state index is 9.43. The molecule has 2 unspecified atom stereocenters. The third kappa shape index (κ3) is 2.69. The van der Waals surface area contributed by atoms with Gasteiger partial charge in [0.05, 0.1) is 11.8 Å². The lowest BCUT2D eigenvalue weighted by Crippen LogP contribution is -2.52. The molecule has 96 valence electrons. The molecule has 0 aliphatic carbocycles. The Morgan fingerprint density at radius 2 is 2.33 bits per heavy atom. The molecule has 0 bridgehead atoms. The highest BCUT2D eigenvalue weighted by Crippen LogP contribution is 2.23. The summed E-state index contributed by atoms with van der Waals surface area (Å²) in [4.78, 5) is 9.00. The van der Waals surface area contributed by atoms with Crippen LogP contribution in [0.15, 0.2) is 24.4 Å². The van der Waals surface area contributed by atoms with Crippen molar-refractivity contribution in [2.75, 3.05) is 26.2 Å². The van der Waals surface area contributed by atoms with Crippen molar-refractivity contribution in [1.82, 2.24) is 14.8 Å². The van der Waals surface area contributed by atoms with Crippen LogP contribution in [0.4, 0.5) is 0 Å². The summed E-state index contributed by atoms with van der Waals surface area (Å²) in [5.74, 6) is 0. The van der Waals surface area contributed by atoms with Crippen LogP contribution in [0.2, 0.25) is 0 Å². The molecule has 0 N–H and O–H groups in total. The van der Waals surface area contributed by atoms with Gasteiger partial charge in [-0.2, -0.15) is 5.26 Å². The number of hydrogen-bond donors (Lipinski definition) is 0. The number of pyridine rings is 1. The number of hydrogen-bond acceptors (Lipinski definition) is 4. The molecule has 0 radical (unpaired) electrons. The van der Waals surface area contributed by atoms with Crippen LogP contribution in [0.3, 0.4) is 0 Å². The van der Waals surface area contributed by atoms with E-state index in [2.05, 4.69) is 34.7 Å². The van der Waals surface area contributed by atoms with Crippen molar-refractivity contribution >= 4 is 0 Å². The lowest BCUT2D eigenvalue weighted by atomic mass is 10.1. The number of nitriles is 1. The Labute approximate surface area is 109 Å². The maximum Gasteiger partial charge on any atom is 0.141 e. The number of aromatic nitrogens is 1. The van der Waals surface area contributed by atoms with Gasteiger partial charge in [-0.25, -0.2) is 0 Å². The van der Waals surface area contributed by atoms with Gasteiger partial charge in [-0.3, -0.25) is 9.88 Å². The van der Waals surface area contributed by atoms with Crippen LogP contribution in [0.1, 0.15) is 25.6 Å². The summed E-state index contributed by atoms with van der Waals surface area (Å²) in [6, 6.07) is 8.33. The third-order valence-corrected chi connectivity index (χ3v) is 3.63. The predicted octanol–water partition coefficient (Wildman–Crippen LogP) is 1.67. The Morgan fingerprint density at radius 1 is 1.50 bits per heavy atom. The molecule has 18 heavy (non-hydrogen) atoms. The summed E-state index contributed by atoms with van der Waals surface area (Å²) in [7, 11) is 0. The van der Waals surface area contributed by atoms with Gasteiger partial charge in [0.1, 0.15) is 6.04 Å². The largest absolute Gasteiger partial charge is 0.301 e. The molecule has 4 nitrogen and oxygen atoms in total. The third-order valence-electron chi connectivity index (χ3n) is 3.63. The fraction of sp³-hybridized carbons (Fsp3) is 0.571. The molecule has 1 fully saturated rings. The molecular formula is C14H20N4. The minimum Gasteiger partial charge on any atom is -0.301 e. The highest BCUT2D eigenvalue weighted by molar-refractivity contribution is 5.16. The number of rotatable bonds is 3. The summed E-state index contributed by atoms with van der Waals surface area (Å²) in [6.45, 7) is 8.45. The molecule has 1 aliphatic rings. The second-order valence-electron chi connectivity index (χ2n) is 4.77. The number of piperazine rings is 1. The van der Waals surface area contributed by atoms with Crippen molar-refractivity contribution in [2.45, 2.75) is 25.9 Å². The Balaban J connectivity index is 2.13. The first kappa shape index (κ1) is 13.0. The van der Waals surface area contributed by atoms with E-state index in [4.69, 9.17) is 0 Å². The van der Waals surface area contributed by atoms with Crippen molar-refractivity contribution in [2.24, 2.45) is 0 Å². The molecule has 0 spiro atoms. The average Bonchev–Trinajstić information content (AvgIpc) is 2.42. The van der Waals surface area contributed by atoms with Gasteiger partial charge in [0.25, 0.3) is 0 Å². The molecule has 2 heterocycles. The zero-order valence-corrected chi connectivity index (χ0v) is 11.1. The van der Waals surface area contributed by atoms with Gasteiger partial charge in [-0.15, -0.1) is 0 Å². The van der Waals surface area contributed by atoms with E-state index in [1.54, 1.807) is 6.20 Å². The van der Waals surface area contributed by atoms with Gasteiger partial charge in [-0.05, 0) is 25.6 Å². The Bertz CT molecular complexity index is 412. The minimum atomic E-state index is -0.222. The topological polar surface area (TPSA) is 43.2 Å². The Kier molecular flexibility index (Phi) is 4.29. The highest BCUT2D eigenvalue weighted by atomic mass is 15.3. The quantitative estimate of drug-likeness (QED) is 0.811. The van der Waals surface area contributed by atoms with E-state index >= 15 is 0 Å². The SMILES string of the molecule is CCN1CCN(C(C#N)c2ccccn2)C(C)C1. The van der Waals surface area contributed by atoms with E-state index in [-0.39, 0.29) is 6.04 Å². The fourth-order valence-corrected chi connectivity index (χ4v) is 2.57. The molecule has 4 heteroatoms. The summed E-state index contributed by atoms with van der Waals surface area (Å²) in [5.41, 5.74) is 0.858. The smallest absolute Gasteiger partial charge is 0.141 e. The van der Waals surface area contributed by atoms with Crippen molar-refractivity contribution < 1.29 is 0 Å². The second kappa shape index (κ2) is 5.94. The number of nitrogens with zero attached hydrogens (tertiary/aromatic N) is 4. The van der Waals surface area contributed by atoms with Gasteiger partial charge >= 0.3 is 0 Å². The zero-order valence-electron chi connectivity index (χ0n) is 11.1. The average molecular weight is 244 g/mol. The molecule has 0 aromatic carbocycles. The second-order valence-corrected chi connectivity index (χ2v) is 4.77. The highest BCUT2D eigenvalue weighted by Gasteiger charge is 2.30. The van der Waals surface area contributed by atoms with Gasteiger partial charge in [0, 0.05) is 31.9 Å². The standard InChI is InChI=1S/C14H20N4/c1-3-17-8-9-18(12(2)11-17)14(10-15)13-6-4-5-7-16-13/h4-7,12,14H,3,8-9,11H2,1-2H3. The summed E-state index contributed by atoms with van der Waals surface area (Å²) in [5, 5.41) is 9.43. The van der Waals surface area contributed by atoms with Crippen LogP contribution >= 0.6 is 0 Å². The van der Waals surface area contributed by atoms with Crippen molar-refractivity contribution in [1.29, 1.82) is 5.26 Å². The van der Waals surface area contributed by atoms with Crippen LogP contribution in [-0.4, -0.2) is 47.0 Å². The van der Waals surface area contributed by atoms with Gasteiger partial charge < -0.3 is 4.90 Å². The minimum absolute atomic E-state index is 0.222. The zero-order chi connectivity index (χ0) is 13.0. The van der Waals surface area contributed by atoms with Gasteiger partial charge in [0.15, 0.2) is 0 Å². The van der Waals surface area contributed by atoms with Crippen LogP contribution in [-0.2, 0) is 0 Å². The van der Waals surface area contributed by atoms with E-state index in [1.807, 2.05) is 18.2 Å². The van der Waals surface area contributed by atoms with E-state index in [1.165, 1.54) is 0 Å². The Morgan fingerprint density at radius 3 is 2.89 bits per heavy atom. The fourth-order valence-electron chi connectivity index (χ4n) is 2.57. The van der Waals surface area contributed by atoms with E-state index in [0.29, 0.717) is 6.04 Å². The first-order valence-corrected chi connectivity index (χ1v) is 6.55. The molecule has 2 rings (SSSR count). The first-order valence-electron chi connectivity index (χ1n) is 6.55. The van der Waals surface area contributed by atoms with Crippen molar-refractivity contribution in [3.05, 3.63) is 30.1 Å². The summed E-state index contributed by atoms with van der Waals surface area (Å²) < 4.78 is 0. The molecule has 2 atom stereocenters.